The molecule has 40 heavy (non-hydrogen) atoms. The summed E-state index contributed by atoms with van der Waals surface area (Å²) in [6.45, 7) is 3.48. The number of carbonyl (C=O) groups is 1. The molecule has 1 unspecified atom stereocenters. The van der Waals surface area contributed by atoms with Crippen molar-refractivity contribution in [2.24, 2.45) is 4.99 Å². The van der Waals surface area contributed by atoms with Gasteiger partial charge in [0.05, 0.1) is 34.9 Å². The van der Waals surface area contributed by atoms with E-state index in [4.69, 9.17) is 0 Å². The number of rotatable bonds is 5. The largest absolute Gasteiger partial charge is 0.337 e. The van der Waals surface area contributed by atoms with Gasteiger partial charge in [0.15, 0.2) is 0 Å². The minimum atomic E-state index is -0.797. The first-order valence-corrected chi connectivity index (χ1v) is 12.8. The molecule has 1 amide bonds. The van der Waals surface area contributed by atoms with Gasteiger partial charge in [-0.05, 0) is 56.8 Å². The Morgan fingerprint density at radius 2 is 1.80 bits per heavy atom. The van der Waals surface area contributed by atoms with Crippen LogP contribution < -0.4 is 16.3 Å². The number of halogens is 2. The number of aliphatic imine (C=N–C) groups is 1. The molecule has 12 heteroatoms. The molecule has 2 aromatic carbocycles. The lowest BCUT2D eigenvalue weighted by Gasteiger charge is -2.24. The number of likely N-dealkylation sites (tertiary alicyclic amines) is 1. The molecule has 204 valence electrons. The number of nitrogens with zero attached hydrogens (tertiary/aromatic N) is 4. The first-order chi connectivity index (χ1) is 19.2. The Labute approximate surface area is 227 Å². The van der Waals surface area contributed by atoms with E-state index in [0.717, 1.165) is 18.6 Å². The second-order valence-electron chi connectivity index (χ2n) is 10.1. The molecular weight excluding hydrogens is 518 g/mol. The Kier molecular flexibility index (Phi) is 6.26. The second-order valence-corrected chi connectivity index (χ2v) is 10.1. The van der Waals surface area contributed by atoms with E-state index in [0.29, 0.717) is 35.6 Å². The van der Waals surface area contributed by atoms with Crippen LogP contribution in [-0.4, -0.2) is 62.1 Å². The Hall–Kier alpha value is -4.71. The zero-order valence-corrected chi connectivity index (χ0v) is 21.8. The van der Waals surface area contributed by atoms with Crippen molar-refractivity contribution in [3.8, 4) is 11.4 Å². The summed E-state index contributed by atoms with van der Waals surface area (Å²) in [5, 5.41) is 6.40. The average molecular weight is 545 g/mol. The van der Waals surface area contributed by atoms with E-state index in [-0.39, 0.29) is 46.6 Å². The number of benzene rings is 2. The number of hydrogen-bond acceptors (Lipinski definition) is 7. The third-order valence-corrected chi connectivity index (χ3v) is 7.42. The van der Waals surface area contributed by atoms with Crippen molar-refractivity contribution in [2.45, 2.75) is 25.4 Å². The van der Waals surface area contributed by atoms with Crippen LogP contribution in [0.5, 0.6) is 0 Å². The van der Waals surface area contributed by atoms with E-state index in [1.165, 1.54) is 6.07 Å². The quantitative estimate of drug-likeness (QED) is 0.305. The SMILES string of the molecule is CNC1(C)CCN(C(=O)c2ccc(Nc3ncc4c(n3)-c3[nH]c(=O)[nH]c3C(c3c(F)cccc3F)=NC4)cc2)C1. The Balaban J connectivity index is 1.26. The maximum atomic E-state index is 14.6. The topological polar surface area (TPSA) is 131 Å². The molecule has 2 aliphatic rings. The maximum absolute atomic E-state index is 14.6. The van der Waals surface area contributed by atoms with E-state index in [9.17, 15) is 18.4 Å². The third-order valence-electron chi connectivity index (χ3n) is 7.42. The lowest BCUT2D eigenvalue weighted by atomic mass is 10.0. The molecule has 0 saturated carbocycles. The monoisotopic (exact) mass is 544 g/mol. The molecule has 2 aliphatic heterocycles. The zero-order valence-electron chi connectivity index (χ0n) is 21.8. The van der Waals surface area contributed by atoms with Gasteiger partial charge in [-0.25, -0.2) is 23.5 Å². The number of aromatic amines is 2. The molecule has 0 radical (unpaired) electrons. The number of carbonyl (C=O) groups excluding carboxylic acids is 1. The predicted octanol–water partition coefficient (Wildman–Crippen LogP) is 3.36. The number of H-pyrrole nitrogens is 2. The Bertz CT molecular complexity index is 1690. The summed E-state index contributed by atoms with van der Waals surface area (Å²) in [6.07, 6.45) is 2.44. The molecule has 6 rings (SSSR count). The predicted molar refractivity (Wildman–Crippen MR) is 146 cm³/mol. The van der Waals surface area contributed by atoms with Crippen molar-refractivity contribution in [3.63, 3.8) is 0 Å². The number of nitrogens with one attached hydrogen (secondary N) is 4. The van der Waals surface area contributed by atoms with Gasteiger partial charge in [-0.15, -0.1) is 0 Å². The van der Waals surface area contributed by atoms with Crippen LogP contribution in [0.25, 0.3) is 11.4 Å². The molecule has 1 atom stereocenters. The van der Waals surface area contributed by atoms with Gasteiger partial charge in [0.2, 0.25) is 5.95 Å². The number of anilines is 2. The first-order valence-electron chi connectivity index (χ1n) is 12.8. The number of hydrogen-bond donors (Lipinski definition) is 4. The molecule has 4 aromatic rings. The number of aromatic nitrogens is 4. The van der Waals surface area contributed by atoms with Crippen LogP contribution in [-0.2, 0) is 6.54 Å². The molecule has 1 fully saturated rings. The van der Waals surface area contributed by atoms with Gasteiger partial charge < -0.3 is 25.5 Å². The Morgan fingerprint density at radius 1 is 1.07 bits per heavy atom. The van der Waals surface area contributed by atoms with Crippen LogP contribution in [0.15, 0.2) is 58.4 Å². The van der Waals surface area contributed by atoms with Crippen LogP contribution in [0, 0.1) is 11.6 Å². The van der Waals surface area contributed by atoms with Crippen molar-refractivity contribution < 1.29 is 13.6 Å². The molecule has 4 N–H and O–H groups in total. The van der Waals surface area contributed by atoms with E-state index in [2.05, 4.69) is 42.5 Å². The third kappa shape index (κ3) is 4.56. The van der Waals surface area contributed by atoms with Gasteiger partial charge in [0, 0.05) is 41.6 Å². The number of fused-ring (bicyclic) bond motifs is 3. The zero-order chi connectivity index (χ0) is 28.0. The van der Waals surface area contributed by atoms with Crippen molar-refractivity contribution in [3.05, 3.63) is 93.2 Å². The average Bonchev–Trinajstić information content (AvgIpc) is 3.50. The molecule has 10 nitrogen and oxygen atoms in total. The standard InChI is InChI=1S/C28H26F2N8O2/c1-28(31-2)10-11-38(14-28)25(39)15-6-8-17(9-7-15)34-26-33-13-16-12-32-22(20-18(29)4-3-5-19(20)30)24-23(21(16)35-26)36-27(40)37-24/h3-9,13,31H,10-12,14H2,1-2H3,(H,33,34,35)(H2,36,37,40). The summed E-state index contributed by atoms with van der Waals surface area (Å²) in [7, 11) is 1.91. The fourth-order valence-electron chi connectivity index (χ4n) is 5.06. The fourth-order valence-corrected chi connectivity index (χ4v) is 5.06. The number of amides is 1. The molecule has 1 saturated heterocycles. The summed E-state index contributed by atoms with van der Waals surface area (Å²) in [5.41, 5.74) is 1.54. The summed E-state index contributed by atoms with van der Waals surface area (Å²) < 4.78 is 29.3. The summed E-state index contributed by atoms with van der Waals surface area (Å²) in [4.78, 5) is 45.7. The summed E-state index contributed by atoms with van der Waals surface area (Å²) in [5.74, 6) is -1.39. The summed E-state index contributed by atoms with van der Waals surface area (Å²) in [6, 6.07) is 10.5. The van der Waals surface area contributed by atoms with Crippen molar-refractivity contribution >= 4 is 23.3 Å². The molecular formula is C28H26F2N8O2. The van der Waals surface area contributed by atoms with E-state index < -0.39 is 17.3 Å². The molecule has 0 spiro atoms. The smallest absolute Gasteiger partial charge is 0.323 e. The van der Waals surface area contributed by atoms with Crippen molar-refractivity contribution in [2.75, 3.05) is 25.5 Å². The first kappa shape index (κ1) is 25.6. The van der Waals surface area contributed by atoms with E-state index in [1.807, 2.05) is 11.9 Å². The van der Waals surface area contributed by atoms with Crippen LogP contribution in [0.3, 0.4) is 0 Å². The van der Waals surface area contributed by atoms with Gasteiger partial charge >= 0.3 is 5.69 Å². The van der Waals surface area contributed by atoms with Crippen LogP contribution in [0.2, 0.25) is 0 Å². The van der Waals surface area contributed by atoms with Gasteiger partial charge in [-0.3, -0.25) is 9.79 Å². The highest BCUT2D eigenvalue weighted by Gasteiger charge is 2.35. The highest BCUT2D eigenvalue weighted by Crippen LogP contribution is 2.30. The highest BCUT2D eigenvalue weighted by atomic mass is 19.1. The van der Waals surface area contributed by atoms with Crippen molar-refractivity contribution in [1.82, 2.24) is 30.2 Å². The van der Waals surface area contributed by atoms with Gasteiger partial charge in [-0.2, -0.15) is 0 Å². The number of likely N-dealkylation sites (N-methyl/N-ethyl adjacent to an activating group) is 1. The minimum absolute atomic E-state index is 0.0234. The Morgan fingerprint density at radius 3 is 2.50 bits per heavy atom. The second kappa shape index (κ2) is 9.79. The minimum Gasteiger partial charge on any atom is -0.337 e. The number of imidazole rings is 1. The van der Waals surface area contributed by atoms with E-state index >= 15 is 0 Å². The molecule has 0 aliphatic carbocycles. The van der Waals surface area contributed by atoms with Gasteiger partial charge in [0.25, 0.3) is 5.91 Å². The highest BCUT2D eigenvalue weighted by molar-refractivity contribution is 6.15. The fraction of sp³-hybridized carbons (Fsp3) is 0.250. The van der Waals surface area contributed by atoms with Crippen LogP contribution in [0.4, 0.5) is 20.4 Å². The van der Waals surface area contributed by atoms with E-state index in [1.54, 1.807) is 30.5 Å². The van der Waals surface area contributed by atoms with Crippen molar-refractivity contribution in [1.29, 1.82) is 0 Å². The lowest BCUT2D eigenvalue weighted by molar-refractivity contribution is 0.0782. The summed E-state index contributed by atoms with van der Waals surface area (Å²) >= 11 is 0. The van der Waals surface area contributed by atoms with Gasteiger partial charge in [0.1, 0.15) is 11.6 Å². The normalized spacial score (nSPS) is 18.1. The molecule has 2 aromatic heterocycles. The maximum Gasteiger partial charge on any atom is 0.323 e. The lowest BCUT2D eigenvalue weighted by Crippen LogP contribution is -2.43. The molecule has 4 heterocycles. The van der Waals surface area contributed by atoms with Crippen LogP contribution >= 0.6 is 0 Å². The van der Waals surface area contributed by atoms with Gasteiger partial charge in [-0.1, -0.05) is 6.07 Å². The van der Waals surface area contributed by atoms with Crippen LogP contribution in [0.1, 0.15) is 40.5 Å². The molecule has 0 bridgehead atoms.